The van der Waals surface area contributed by atoms with Crippen LogP contribution in [0.2, 0.25) is 10.0 Å². The second-order valence-electron chi connectivity index (χ2n) is 4.76. The molecule has 0 atom stereocenters. The fourth-order valence-electron chi connectivity index (χ4n) is 2.03. The van der Waals surface area contributed by atoms with E-state index in [-0.39, 0.29) is 35.0 Å². The first-order valence-electron chi connectivity index (χ1n) is 6.74. The molecule has 0 aliphatic heterocycles. The molecule has 1 heterocycles. The number of nitriles is 1. The summed E-state index contributed by atoms with van der Waals surface area (Å²) in [5, 5.41) is 36.7. The maximum absolute atomic E-state index is 12.4. The molecule has 1 aromatic heterocycles. The summed E-state index contributed by atoms with van der Waals surface area (Å²) in [5.74, 6) is -0.516. The summed E-state index contributed by atoms with van der Waals surface area (Å²) >= 11 is 11.8. The van der Waals surface area contributed by atoms with E-state index in [4.69, 9.17) is 28.3 Å². The Morgan fingerprint density at radius 2 is 2.04 bits per heavy atom. The van der Waals surface area contributed by atoms with Gasteiger partial charge in [-0.2, -0.15) is 5.26 Å². The second-order valence-corrected chi connectivity index (χ2v) is 5.60. The third kappa shape index (κ3) is 3.41. The summed E-state index contributed by atoms with van der Waals surface area (Å²) in [6, 6.07) is 6.38. The van der Waals surface area contributed by atoms with Gasteiger partial charge in [0, 0.05) is 10.6 Å². The quantitative estimate of drug-likeness (QED) is 0.806. The van der Waals surface area contributed by atoms with Crippen molar-refractivity contribution in [1.29, 1.82) is 5.26 Å². The van der Waals surface area contributed by atoms with Crippen LogP contribution in [-0.2, 0) is 6.54 Å². The maximum Gasteiger partial charge on any atom is 0.281 e. The zero-order valence-electron chi connectivity index (χ0n) is 12.5. The number of rotatable bonds is 4. The van der Waals surface area contributed by atoms with Crippen molar-refractivity contribution >= 4 is 34.6 Å². The van der Waals surface area contributed by atoms with Crippen molar-refractivity contribution in [1.82, 2.24) is 4.57 Å². The average molecular weight is 367 g/mol. The molecule has 124 valence electrons. The lowest BCUT2D eigenvalue weighted by Gasteiger charge is -2.11. The molecular weight excluding hydrogens is 355 g/mol. The SMILES string of the molecule is Cc1c(C#N)c(O)n(CCO)c(=O)c1N=Nc1ccc(Cl)cc1Cl. The van der Waals surface area contributed by atoms with Crippen LogP contribution in [0.3, 0.4) is 0 Å². The molecule has 0 aliphatic rings. The summed E-state index contributed by atoms with van der Waals surface area (Å²) in [4.78, 5) is 12.4. The minimum absolute atomic E-state index is 0.112. The number of hydrogen-bond acceptors (Lipinski definition) is 6. The molecule has 24 heavy (non-hydrogen) atoms. The Hall–Kier alpha value is -2.40. The molecule has 9 heteroatoms. The third-order valence-electron chi connectivity index (χ3n) is 3.26. The van der Waals surface area contributed by atoms with Crippen LogP contribution in [0.4, 0.5) is 11.4 Å². The average Bonchev–Trinajstić information content (AvgIpc) is 2.53. The van der Waals surface area contributed by atoms with E-state index in [1.165, 1.54) is 19.1 Å². The Kier molecular flexibility index (Phi) is 5.57. The molecule has 0 spiro atoms. The summed E-state index contributed by atoms with van der Waals surface area (Å²) < 4.78 is 0.864. The van der Waals surface area contributed by atoms with Crippen molar-refractivity contribution < 1.29 is 10.2 Å². The largest absolute Gasteiger partial charge is 0.493 e. The number of aliphatic hydroxyl groups is 1. The second kappa shape index (κ2) is 7.45. The van der Waals surface area contributed by atoms with Gasteiger partial charge in [-0.3, -0.25) is 9.36 Å². The lowest BCUT2D eigenvalue weighted by Crippen LogP contribution is -2.23. The highest BCUT2D eigenvalue weighted by molar-refractivity contribution is 6.36. The van der Waals surface area contributed by atoms with Crippen LogP contribution < -0.4 is 5.56 Å². The number of aromatic hydroxyl groups is 1. The van der Waals surface area contributed by atoms with Gasteiger partial charge in [-0.05, 0) is 25.1 Å². The Balaban J connectivity index is 2.62. The zero-order valence-corrected chi connectivity index (χ0v) is 14.0. The highest BCUT2D eigenvalue weighted by Crippen LogP contribution is 2.31. The van der Waals surface area contributed by atoms with Crippen LogP contribution in [0.1, 0.15) is 11.1 Å². The molecule has 0 aliphatic carbocycles. The normalized spacial score (nSPS) is 11.0. The van der Waals surface area contributed by atoms with Crippen LogP contribution in [0.25, 0.3) is 0 Å². The minimum atomic E-state index is -0.674. The molecule has 2 N–H and O–H groups in total. The summed E-state index contributed by atoms with van der Waals surface area (Å²) in [6.45, 7) is 0.908. The predicted octanol–water partition coefficient (Wildman–Crippen LogP) is 3.45. The first kappa shape index (κ1) is 17.9. The molecule has 0 bridgehead atoms. The number of hydrogen-bond donors (Lipinski definition) is 2. The molecule has 0 saturated carbocycles. The van der Waals surface area contributed by atoms with Gasteiger partial charge in [-0.25, -0.2) is 0 Å². The Labute approximate surface area is 147 Å². The van der Waals surface area contributed by atoms with Crippen LogP contribution in [0.5, 0.6) is 5.88 Å². The molecule has 1 aromatic carbocycles. The highest BCUT2D eigenvalue weighted by Gasteiger charge is 2.18. The number of azo groups is 1. The predicted molar refractivity (Wildman–Crippen MR) is 89.5 cm³/mol. The van der Waals surface area contributed by atoms with Gasteiger partial charge in [0.1, 0.15) is 17.3 Å². The van der Waals surface area contributed by atoms with Gasteiger partial charge in [-0.15, -0.1) is 10.2 Å². The van der Waals surface area contributed by atoms with Gasteiger partial charge in [0.15, 0.2) is 5.69 Å². The van der Waals surface area contributed by atoms with Gasteiger partial charge in [0.05, 0.1) is 18.2 Å². The number of halogens is 2. The van der Waals surface area contributed by atoms with Gasteiger partial charge >= 0.3 is 0 Å². The Bertz CT molecular complexity index is 916. The van der Waals surface area contributed by atoms with E-state index in [0.29, 0.717) is 10.7 Å². The molecule has 7 nitrogen and oxygen atoms in total. The van der Waals surface area contributed by atoms with Gasteiger partial charge < -0.3 is 10.2 Å². The first-order valence-corrected chi connectivity index (χ1v) is 7.50. The molecule has 2 rings (SSSR count). The monoisotopic (exact) mass is 366 g/mol. The van der Waals surface area contributed by atoms with Crippen molar-refractivity contribution in [3.8, 4) is 11.9 Å². The van der Waals surface area contributed by atoms with Gasteiger partial charge in [0.25, 0.3) is 5.56 Å². The molecule has 2 aromatic rings. The number of benzene rings is 1. The molecule has 0 unspecified atom stereocenters. The Morgan fingerprint density at radius 1 is 1.33 bits per heavy atom. The van der Waals surface area contributed by atoms with Crippen molar-refractivity contribution in [3.63, 3.8) is 0 Å². The van der Waals surface area contributed by atoms with E-state index in [9.17, 15) is 15.2 Å². The molecule has 0 fully saturated rings. The molecule has 0 radical (unpaired) electrons. The van der Waals surface area contributed by atoms with Crippen molar-refractivity contribution in [2.75, 3.05) is 6.61 Å². The summed E-state index contributed by atoms with van der Waals surface area (Å²) in [5.41, 5.74) is -0.432. The van der Waals surface area contributed by atoms with Crippen LogP contribution in [0.15, 0.2) is 33.2 Å². The van der Waals surface area contributed by atoms with Crippen molar-refractivity contribution in [3.05, 3.63) is 49.7 Å². The van der Waals surface area contributed by atoms with E-state index in [1.807, 2.05) is 6.07 Å². The van der Waals surface area contributed by atoms with E-state index in [0.717, 1.165) is 4.57 Å². The van der Waals surface area contributed by atoms with E-state index >= 15 is 0 Å². The minimum Gasteiger partial charge on any atom is -0.493 e. The van der Waals surface area contributed by atoms with Gasteiger partial charge in [0.2, 0.25) is 5.88 Å². The fourth-order valence-corrected chi connectivity index (χ4v) is 2.48. The lowest BCUT2D eigenvalue weighted by atomic mass is 10.1. The van der Waals surface area contributed by atoms with Crippen LogP contribution >= 0.6 is 23.2 Å². The summed E-state index contributed by atoms with van der Waals surface area (Å²) in [7, 11) is 0. The summed E-state index contributed by atoms with van der Waals surface area (Å²) in [6.07, 6.45) is 0. The lowest BCUT2D eigenvalue weighted by molar-refractivity contribution is 0.263. The number of aromatic nitrogens is 1. The molecular formula is C15H12Cl2N4O3. The number of aliphatic hydroxyl groups excluding tert-OH is 1. The smallest absolute Gasteiger partial charge is 0.281 e. The highest BCUT2D eigenvalue weighted by atomic mass is 35.5. The van der Waals surface area contributed by atoms with Crippen molar-refractivity contribution in [2.45, 2.75) is 13.5 Å². The standard InChI is InChI=1S/C15H12Cl2N4O3/c1-8-10(7-18)14(23)21(4-5-22)15(24)13(8)20-19-12-3-2-9(16)6-11(12)17/h2-3,6,22-23H,4-5H2,1H3. The fraction of sp³-hybridized carbons (Fsp3) is 0.200. The molecule has 0 saturated heterocycles. The maximum atomic E-state index is 12.4. The topological polar surface area (TPSA) is 111 Å². The number of pyridine rings is 1. The number of nitrogens with zero attached hydrogens (tertiary/aromatic N) is 4. The van der Waals surface area contributed by atoms with Crippen LogP contribution in [-0.4, -0.2) is 21.4 Å². The van der Waals surface area contributed by atoms with Crippen molar-refractivity contribution in [2.24, 2.45) is 10.2 Å². The molecule has 0 amide bonds. The van der Waals surface area contributed by atoms with E-state index < -0.39 is 11.4 Å². The van der Waals surface area contributed by atoms with E-state index in [2.05, 4.69) is 10.2 Å². The van der Waals surface area contributed by atoms with Crippen LogP contribution in [0, 0.1) is 18.3 Å². The Morgan fingerprint density at radius 3 is 2.62 bits per heavy atom. The third-order valence-corrected chi connectivity index (χ3v) is 3.80. The zero-order chi connectivity index (χ0) is 17.9. The first-order chi connectivity index (χ1) is 11.4. The van der Waals surface area contributed by atoms with Gasteiger partial charge in [-0.1, -0.05) is 23.2 Å². The van der Waals surface area contributed by atoms with E-state index in [1.54, 1.807) is 6.07 Å².